The van der Waals surface area contributed by atoms with Gasteiger partial charge in [-0.2, -0.15) is 0 Å². The minimum atomic E-state index is -0.612. The number of hydrogen-bond acceptors (Lipinski definition) is 6. The predicted molar refractivity (Wildman–Crippen MR) is 85.7 cm³/mol. The molecule has 0 aromatic heterocycles. The van der Waals surface area contributed by atoms with Gasteiger partial charge in [-0.05, 0) is 30.2 Å². The smallest absolute Gasteiger partial charge is 0.255 e. The van der Waals surface area contributed by atoms with E-state index in [0.717, 1.165) is 5.56 Å². The van der Waals surface area contributed by atoms with Gasteiger partial charge in [0.15, 0.2) is 0 Å². The van der Waals surface area contributed by atoms with E-state index in [-0.39, 0.29) is 30.4 Å². The van der Waals surface area contributed by atoms with Gasteiger partial charge in [0, 0.05) is 18.5 Å². The van der Waals surface area contributed by atoms with Crippen molar-refractivity contribution in [2.75, 3.05) is 13.2 Å². The molecule has 1 aromatic carbocycles. The molecular weight excluding hydrogens is 326 g/mol. The first kappa shape index (κ1) is 16.0. The highest BCUT2D eigenvalue weighted by Gasteiger charge is 2.39. The SMILES string of the molecule is NC1COCC1Oc1ccc2c(c1)CN(C1CCC(=O)NC1=O)C2=O. The van der Waals surface area contributed by atoms with Gasteiger partial charge in [-0.15, -0.1) is 0 Å². The Morgan fingerprint density at radius 2 is 2.08 bits per heavy atom. The first-order valence-electron chi connectivity index (χ1n) is 8.30. The summed E-state index contributed by atoms with van der Waals surface area (Å²) in [5.74, 6) is -0.279. The third-order valence-corrected chi connectivity index (χ3v) is 4.85. The standard InChI is InChI=1S/C17H19N3O5/c18-12-7-24-8-14(12)25-10-1-2-11-9(5-10)6-20(17(11)23)13-3-4-15(21)19-16(13)22/h1-2,5,12-14H,3-4,6-8,18H2,(H,19,21,22). The van der Waals surface area contributed by atoms with Crippen LogP contribution in [0.1, 0.15) is 28.8 Å². The molecule has 1 aromatic rings. The number of fused-ring (bicyclic) bond motifs is 1. The Morgan fingerprint density at radius 3 is 2.80 bits per heavy atom. The van der Waals surface area contributed by atoms with E-state index in [0.29, 0.717) is 37.5 Å². The first-order chi connectivity index (χ1) is 12.0. The highest BCUT2D eigenvalue weighted by molar-refractivity contribution is 6.05. The van der Waals surface area contributed by atoms with Gasteiger partial charge in [-0.25, -0.2) is 0 Å². The molecule has 0 bridgehead atoms. The molecular formula is C17H19N3O5. The molecule has 3 amide bonds. The third-order valence-electron chi connectivity index (χ3n) is 4.85. The van der Waals surface area contributed by atoms with Crippen LogP contribution in [-0.2, 0) is 20.9 Å². The summed E-state index contributed by atoms with van der Waals surface area (Å²) in [7, 11) is 0. The maximum absolute atomic E-state index is 12.6. The van der Waals surface area contributed by atoms with E-state index in [9.17, 15) is 14.4 Å². The molecule has 3 unspecified atom stereocenters. The van der Waals surface area contributed by atoms with Crippen LogP contribution in [0.4, 0.5) is 0 Å². The fraction of sp³-hybridized carbons (Fsp3) is 0.471. The number of nitrogens with zero attached hydrogens (tertiary/aromatic N) is 1. The Morgan fingerprint density at radius 1 is 1.24 bits per heavy atom. The highest BCUT2D eigenvalue weighted by Crippen LogP contribution is 2.30. The van der Waals surface area contributed by atoms with E-state index < -0.39 is 11.9 Å². The molecule has 2 fully saturated rings. The van der Waals surface area contributed by atoms with Crippen LogP contribution in [0.2, 0.25) is 0 Å². The zero-order chi connectivity index (χ0) is 17.6. The summed E-state index contributed by atoms with van der Waals surface area (Å²) in [5, 5.41) is 2.29. The van der Waals surface area contributed by atoms with E-state index in [4.69, 9.17) is 15.2 Å². The first-order valence-corrected chi connectivity index (χ1v) is 8.30. The molecule has 3 atom stereocenters. The van der Waals surface area contributed by atoms with Crippen molar-refractivity contribution in [1.82, 2.24) is 10.2 Å². The molecule has 2 saturated heterocycles. The second kappa shape index (κ2) is 6.12. The quantitative estimate of drug-likeness (QED) is 0.718. The number of imide groups is 1. The zero-order valence-electron chi connectivity index (χ0n) is 13.6. The largest absolute Gasteiger partial charge is 0.486 e. The molecule has 0 spiro atoms. The Bertz CT molecular complexity index is 750. The fourth-order valence-corrected chi connectivity index (χ4v) is 3.47. The molecule has 0 saturated carbocycles. The summed E-state index contributed by atoms with van der Waals surface area (Å²) >= 11 is 0. The Hall–Kier alpha value is -2.45. The Labute approximate surface area is 144 Å². The number of amides is 3. The number of carbonyl (C=O) groups is 3. The second-order valence-electron chi connectivity index (χ2n) is 6.58. The monoisotopic (exact) mass is 345 g/mol. The van der Waals surface area contributed by atoms with Crippen LogP contribution < -0.4 is 15.8 Å². The number of hydrogen-bond donors (Lipinski definition) is 2. The van der Waals surface area contributed by atoms with Crippen LogP contribution in [0.25, 0.3) is 0 Å². The maximum atomic E-state index is 12.6. The number of rotatable bonds is 3. The van der Waals surface area contributed by atoms with Gasteiger partial charge in [0.25, 0.3) is 5.91 Å². The van der Waals surface area contributed by atoms with Crippen LogP contribution >= 0.6 is 0 Å². The molecule has 25 heavy (non-hydrogen) atoms. The topological polar surface area (TPSA) is 111 Å². The van der Waals surface area contributed by atoms with Gasteiger partial charge in [0.05, 0.1) is 19.3 Å². The molecule has 3 aliphatic heterocycles. The minimum Gasteiger partial charge on any atom is -0.486 e. The van der Waals surface area contributed by atoms with Crippen LogP contribution in [0.5, 0.6) is 5.75 Å². The van der Waals surface area contributed by atoms with Crippen molar-refractivity contribution in [3.63, 3.8) is 0 Å². The van der Waals surface area contributed by atoms with Crippen molar-refractivity contribution >= 4 is 17.7 Å². The van der Waals surface area contributed by atoms with Gasteiger partial charge in [-0.1, -0.05) is 0 Å². The average Bonchev–Trinajstić information content (AvgIpc) is 3.12. The lowest BCUT2D eigenvalue weighted by Crippen LogP contribution is -2.52. The molecule has 8 heteroatoms. The molecule has 3 N–H and O–H groups in total. The lowest BCUT2D eigenvalue weighted by atomic mass is 10.0. The van der Waals surface area contributed by atoms with Crippen molar-refractivity contribution in [3.8, 4) is 5.75 Å². The number of nitrogens with two attached hydrogens (primary N) is 1. The fourth-order valence-electron chi connectivity index (χ4n) is 3.47. The number of ether oxygens (including phenoxy) is 2. The Kier molecular flexibility index (Phi) is 3.93. The highest BCUT2D eigenvalue weighted by atomic mass is 16.5. The van der Waals surface area contributed by atoms with Crippen LogP contribution in [0.3, 0.4) is 0 Å². The summed E-state index contributed by atoms with van der Waals surface area (Å²) in [6.07, 6.45) is 0.383. The van der Waals surface area contributed by atoms with Crippen molar-refractivity contribution in [2.24, 2.45) is 5.73 Å². The summed E-state index contributed by atoms with van der Waals surface area (Å²) in [6, 6.07) is 4.47. The zero-order valence-corrected chi connectivity index (χ0v) is 13.6. The predicted octanol–water partition coefficient (Wildman–Crippen LogP) is -0.447. The molecule has 132 valence electrons. The summed E-state index contributed by atoms with van der Waals surface area (Å²) < 4.78 is 11.1. The normalized spacial score (nSPS) is 28.9. The summed E-state index contributed by atoms with van der Waals surface area (Å²) in [5.41, 5.74) is 7.29. The Balaban J connectivity index is 1.51. The van der Waals surface area contributed by atoms with Gasteiger partial charge in [0.2, 0.25) is 11.8 Å². The van der Waals surface area contributed by atoms with E-state index in [1.807, 2.05) is 6.07 Å². The average molecular weight is 345 g/mol. The molecule has 4 rings (SSSR count). The molecule has 0 aliphatic carbocycles. The van der Waals surface area contributed by atoms with Crippen molar-refractivity contribution in [1.29, 1.82) is 0 Å². The third kappa shape index (κ3) is 2.87. The molecule has 0 radical (unpaired) electrons. The van der Waals surface area contributed by atoms with E-state index in [2.05, 4.69) is 5.32 Å². The number of nitrogens with one attached hydrogen (secondary N) is 1. The summed E-state index contributed by atoms with van der Waals surface area (Å²) in [6.45, 7) is 1.24. The number of carbonyl (C=O) groups excluding carboxylic acids is 3. The van der Waals surface area contributed by atoms with Gasteiger partial charge >= 0.3 is 0 Å². The van der Waals surface area contributed by atoms with Crippen molar-refractivity contribution in [3.05, 3.63) is 29.3 Å². The van der Waals surface area contributed by atoms with E-state index in [1.54, 1.807) is 12.1 Å². The minimum absolute atomic E-state index is 0.171. The molecule has 3 aliphatic rings. The van der Waals surface area contributed by atoms with E-state index in [1.165, 1.54) is 4.90 Å². The number of benzene rings is 1. The van der Waals surface area contributed by atoms with Crippen molar-refractivity contribution in [2.45, 2.75) is 37.6 Å². The van der Waals surface area contributed by atoms with E-state index >= 15 is 0 Å². The molecule has 8 nitrogen and oxygen atoms in total. The molecule has 3 heterocycles. The summed E-state index contributed by atoms with van der Waals surface area (Å²) in [4.78, 5) is 37.5. The number of piperidine rings is 1. The second-order valence-corrected chi connectivity index (χ2v) is 6.58. The maximum Gasteiger partial charge on any atom is 0.255 e. The van der Waals surface area contributed by atoms with Gasteiger partial charge < -0.3 is 20.1 Å². The van der Waals surface area contributed by atoms with Crippen LogP contribution in [-0.4, -0.2) is 54.0 Å². The van der Waals surface area contributed by atoms with Gasteiger partial charge in [0.1, 0.15) is 17.9 Å². The van der Waals surface area contributed by atoms with Crippen molar-refractivity contribution < 1.29 is 23.9 Å². The lowest BCUT2D eigenvalue weighted by Gasteiger charge is -2.29. The lowest BCUT2D eigenvalue weighted by molar-refractivity contribution is -0.136. The van der Waals surface area contributed by atoms with Crippen LogP contribution in [0, 0.1) is 0 Å². The van der Waals surface area contributed by atoms with Gasteiger partial charge in [-0.3, -0.25) is 19.7 Å². The van der Waals surface area contributed by atoms with Crippen LogP contribution in [0.15, 0.2) is 18.2 Å².